The standard InChI is InChI=1S/C24H23FN6O3S/c25-17-3-4-18(20-2-1-11-34-20)29-19(17)14-26-13-15-6-9-31(10-7-15)23-27-8-5-16(28-23)12-21-22(32)30-24(33)35-21/h1-5,8,11-12,15,26H,6-7,9-10,13-14H2,(H,30,32,33)/b21-12-. The molecule has 2 saturated heterocycles. The van der Waals surface area contributed by atoms with Crippen LogP contribution in [0.15, 0.2) is 52.1 Å². The molecule has 35 heavy (non-hydrogen) atoms. The lowest BCUT2D eigenvalue weighted by Crippen LogP contribution is -2.38. The quantitative estimate of drug-likeness (QED) is 0.476. The van der Waals surface area contributed by atoms with Gasteiger partial charge in [0, 0.05) is 25.8 Å². The van der Waals surface area contributed by atoms with Gasteiger partial charge in [-0.3, -0.25) is 14.9 Å². The topological polar surface area (TPSA) is 113 Å². The maximum atomic E-state index is 14.2. The molecule has 3 aromatic heterocycles. The predicted octanol–water partition coefficient (Wildman–Crippen LogP) is 3.60. The number of rotatable bonds is 7. The second kappa shape index (κ2) is 10.4. The number of amides is 2. The van der Waals surface area contributed by atoms with Crippen LogP contribution in [0.2, 0.25) is 0 Å². The van der Waals surface area contributed by atoms with Crippen molar-refractivity contribution in [2.75, 3.05) is 24.5 Å². The monoisotopic (exact) mass is 494 g/mol. The lowest BCUT2D eigenvalue weighted by atomic mass is 9.97. The molecule has 3 aromatic rings. The van der Waals surface area contributed by atoms with Gasteiger partial charge in [0.15, 0.2) is 5.76 Å². The summed E-state index contributed by atoms with van der Waals surface area (Å²) in [4.78, 5) is 38.9. The van der Waals surface area contributed by atoms with Crippen LogP contribution in [0.5, 0.6) is 0 Å². The molecule has 0 saturated carbocycles. The van der Waals surface area contributed by atoms with E-state index in [1.807, 2.05) is 0 Å². The Morgan fingerprint density at radius 1 is 1.20 bits per heavy atom. The fraction of sp³-hybridized carbons (Fsp3) is 0.292. The number of furan rings is 1. The summed E-state index contributed by atoms with van der Waals surface area (Å²) >= 11 is 0.865. The highest BCUT2D eigenvalue weighted by atomic mass is 32.2. The number of nitrogens with one attached hydrogen (secondary N) is 2. The zero-order valence-corrected chi connectivity index (χ0v) is 19.6. The zero-order valence-electron chi connectivity index (χ0n) is 18.7. The van der Waals surface area contributed by atoms with E-state index >= 15 is 0 Å². The van der Waals surface area contributed by atoms with E-state index < -0.39 is 5.91 Å². The third-order valence-electron chi connectivity index (χ3n) is 5.90. The number of thioether (sulfide) groups is 1. The average Bonchev–Trinajstić information content (AvgIpc) is 3.51. The number of piperidine rings is 1. The molecule has 0 bridgehead atoms. The van der Waals surface area contributed by atoms with E-state index in [0.29, 0.717) is 46.2 Å². The number of hydrogen-bond donors (Lipinski definition) is 2. The molecule has 0 aliphatic carbocycles. The molecular formula is C24H23FN6O3S. The van der Waals surface area contributed by atoms with Gasteiger partial charge in [-0.1, -0.05) is 0 Å². The van der Waals surface area contributed by atoms with Crippen LogP contribution in [0.4, 0.5) is 15.1 Å². The molecule has 180 valence electrons. The van der Waals surface area contributed by atoms with Gasteiger partial charge in [0.1, 0.15) is 11.5 Å². The van der Waals surface area contributed by atoms with Gasteiger partial charge in [-0.2, -0.15) is 0 Å². The SMILES string of the molecule is O=C1NC(=O)/C(=C/c2ccnc(N3CCC(CNCc4nc(-c5ccco5)ccc4F)CC3)n2)S1. The molecule has 2 amide bonds. The highest BCUT2D eigenvalue weighted by molar-refractivity contribution is 8.18. The average molecular weight is 495 g/mol. The molecule has 2 aliphatic rings. The van der Waals surface area contributed by atoms with E-state index in [-0.39, 0.29) is 11.1 Å². The molecule has 5 rings (SSSR count). The highest BCUT2D eigenvalue weighted by Gasteiger charge is 2.26. The Hall–Kier alpha value is -3.57. The first kappa shape index (κ1) is 23.2. The minimum absolute atomic E-state index is 0.324. The summed E-state index contributed by atoms with van der Waals surface area (Å²) in [5.41, 5.74) is 1.56. The molecule has 11 heteroatoms. The summed E-state index contributed by atoms with van der Waals surface area (Å²) in [5, 5.41) is 5.20. The summed E-state index contributed by atoms with van der Waals surface area (Å²) in [6.45, 7) is 2.68. The maximum absolute atomic E-state index is 14.2. The summed E-state index contributed by atoms with van der Waals surface area (Å²) in [6, 6.07) is 8.31. The van der Waals surface area contributed by atoms with Crippen molar-refractivity contribution in [1.29, 1.82) is 0 Å². The van der Waals surface area contributed by atoms with E-state index in [1.54, 1.807) is 42.8 Å². The molecule has 0 spiro atoms. The Kier molecular flexibility index (Phi) is 6.87. The first-order chi connectivity index (χ1) is 17.0. The second-order valence-corrected chi connectivity index (χ2v) is 9.31. The van der Waals surface area contributed by atoms with Crippen LogP contribution >= 0.6 is 11.8 Å². The molecule has 0 radical (unpaired) electrons. The van der Waals surface area contributed by atoms with Crippen LogP contribution in [-0.2, 0) is 11.3 Å². The number of aromatic nitrogens is 3. The number of halogens is 1. The fourth-order valence-electron chi connectivity index (χ4n) is 4.05. The minimum Gasteiger partial charge on any atom is -0.463 e. The minimum atomic E-state index is -0.406. The van der Waals surface area contributed by atoms with Crippen LogP contribution in [-0.4, -0.2) is 45.7 Å². The summed E-state index contributed by atoms with van der Waals surface area (Å²) in [7, 11) is 0. The van der Waals surface area contributed by atoms with Gasteiger partial charge >= 0.3 is 0 Å². The van der Waals surface area contributed by atoms with Crippen molar-refractivity contribution in [2.24, 2.45) is 5.92 Å². The van der Waals surface area contributed by atoms with Crippen LogP contribution in [0.3, 0.4) is 0 Å². The largest absolute Gasteiger partial charge is 0.463 e. The molecule has 5 heterocycles. The van der Waals surface area contributed by atoms with Crippen LogP contribution in [0, 0.1) is 11.7 Å². The van der Waals surface area contributed by atoms with Crippen molar-refractivity contribution < 1.29 is 18.4 Å². The van der Waals surface area contributed by atoms with Crippen molar-refractivity contribution >= 4 is 34.9 Å². The van der Waals surface area contributed by atoms with E-state index in [1.165, 1.54) is 6.07 Å². The first-order valence-corrected chi connectivity index (χ1v) is 12.1. The van der Waals surface area contributed by atoms with E-state index in [0.717, 1.165) is 44.2 Å². The van der Waals surface area contributed by atoms with Crippen molar-refractivity contribution in [3.63, 3.8) is 0 Å². The third kappa shape index (κ3) is 5.57. The summed E-state index contributed by atoms with van der Waals surface area (Å²) < 4.78 is 19.6. The summed E-state index contributed by atoms with van der Waals surface area (Å²) in [5.74, 6) is 0.905. The van der Waals surface area contributed by atoms with Crippen LogP contribution in [0.25, 0.3) is 17.5 Å². The van der Waals surface area contributed by atoms with Crippen LogP contribution in [0.1, 0.15) is 24.2 Å². The van der Waals surface area contributed by atoms with Gasteiger partial charge in [-0.15, -0.1) is 0 Å². The Morgan fingerprint density at radius 3 is 2.80 bits per heavy atom. The number of pyridine rings is 1. The molecular weight excluding hydrogens is 471 g/mol. The Bertz CT molecular complexity index is 1260. The Labute approximate surface area is 205 Å². The fourth-order valence-corrected chi connectivity index (χ4v) is 4.72. The highest BCUT2D eigenvalue weighted by Crippen LogP contribution is 2.26. The molecule has 2 fully saturated rings. The molecule has 2 aliphatic heterocycles. The zero-order chi connectivity index (χ0) is 24.2. The van der Waals surface area contributed by atoms with Gasteiger partial charge < -0.3 is 14.6 Å². The van der Waals surface area contributed by atoms with Crippen molar-refractivity contribution in [3.05, 3.63) is 64.9 Å². The molecule has 0 atom stereocenters. The molecule has 9 nitrogen and oxygen atoms in total. The lowest BCUT2D eigenvalue weighted by molar-refractivity contribution is -0.115. The van der Waals surface area contributed by atoms with Gasteiger partial charge in [0.2, 0.25) is 5.95 Å². The third-order valence-corrected chi connectivity index (χ3v) is 6.71. The van der Waals surface area contributed by atoms with Gasteiger partial charge in [0.25, 0.3) is 11.1 Å². The number of nitrogens with zero attached hydrogens (tertiary/aromatic N) is 4. The van der Waals surface area contributed by atoms with Crippen LogP contribution < -0.4 is 15.5 Å². The smallest absolute Gasteiger partial charge is 0.290 e. The summed E-state index contributed by atoms with van der Waals surface area (Å²) in [6.07, 6.45) is 6.70. The molecule has 0 aromatic carbocycles. The maximum Gasteiger partial charge on any atom is 0.290 e. The molecule has 2 N–H and O–H groups in total. The number of carbonyl (C=O) groups excluding carboxylic acids is 2. The Morgan fingerprint density at radius 2 is 2.06 bits per heavy atom. The number of imide groups is 1. The second-order valence-electron chi connectivity index (χ2n) is 8.30. The van der Waals surface area contributed by atoms with Gasteiger partial charge in [-0.05, 0) is 73.5 Å². The lowest BCUT2D eigenvalue weighted by Gasteiger charge is -2.32. The first-order valence-electron chi connectivity index (χ1n) is 11.3. The number of anilines is 1. The van der Waals surface area contributed by atoms with Crippen molar-refractivity contribution in [3.8, 4) is 11.5 Å². The number of hydrogen-bond acceptors (Lipinski definition) is 9. The van der Waals surface area contributed by atoms with Crippen molar-refractivity contribution in [2.45, 2.75) is 19.4 Å². The predicted molar refractivity (Wildman–Crippen MR) is 130 cm³/mol. The van der Waals surface area contributed by atoms with Gasteiger partial charge in [0.05, 0.1) is 22.6 Å². The van der Waals surface area contributed by atoms with Gasteiger partial charge in [-0.25, -0.2) is 19.3 Å². The van der Waals surface area contributed by atoms with E-state index in [4.69, 9.17) is 4.42 Å². The van der Waals surface area contributed by atoms with E-state index in [9.17, 15) is 14.0 Å². The molecule has 0 unspecified atom stereocenters. The number of carbonyl (C=O) groups is 2. The Balaban J connectivity index is 1.13. The normalized spacial score (nSPS) is 17.9. The van der Waals surface area contributed by atoms with E-state index in [2.05, 4.69) is 30.5 Å². The van der Waals surface area contributed by atoms with Crippen molar-refractivity contribution in [1.82, 2.24) is 25.6 Å².